The quantitative estimate of drug-likeness (QED) is 0.598. The number of nitrogens with zero attached hydrogens (tertiary/aromatic N) is 3. The molecule has 1 saturated heterocycles. The average Bonchev–Trinajstić information content (AvgIpc) is 3.10. The van der Waals surface area contributed by atoms with Crippen molar-refractivity contribution in [2.75, 3.05) is 11.5 Å². The number of anilines is 1. The number of thioether (sulfide) groups is 1. The Bertz CT molecular complexity index is 1070. The lowest BCUT2D eigenvalue weighted by Crippen LogP contribution is -2.70. The van der Waals surface area contributed by atoms with E-state index in [4.69, 9.17) is 5.73 Å². The van der Waals surface area contributed by atoms with E-state index in [1.807, 2.05) is 0 Å². The second-order valence-electron chi connectivity index (χ2n) is 6.04. The molecule has 1 aromatic carbocycles. The molecule has 2 aliphatic rings. The van der Waals surface area contributed by atoms with Gasteiger partial charge in [0.25, 0.3) is 11.8 Å². The summed E-state index contributed by atoms with van der Waals surface area (Å²) in [7, 11) is 0. The van der Waals surface area contributed by atoms with Crippen LogP contribution in [0.15, 0.2) is 23.9 Å². The van der Waals surface area contributed by atoms with Gasteiger partial charge in [-0.1, -0.05) is 17.4 Å². The number of carboxylic acids is 1. The number of carbonyl (C=O) groups is 3. The summed E-state index contributed by atoms with van der Waals surface area (Å²) < 4.78 is 27.6. The summed E-state index contributed by atoms with van der Waals surface area (Å²) in [5.74, 6) is -5.11. The van der Waals surface area contributed by atoms with Gasteiger partial charge in [0.1, 0.15) is 39.3 Å². The van der Waals surface area contributed by atoms with E-state index in [1.165, 1.54) is 11.8 Å². The maximum Gasteiger partial charge on any atom is 0.353 e. The Labute approximate surface area is 169 Å². The lowest BCUT2D eigenvalue weighted by molar-refractivity contribution is -0.148. The molecule has 0 radical (unpaired) electrons. The monoisotopic (exact) mass is 439 g/mol. The van der Waals surface area contributed by atoms with Gasteiger partial charge < -0.3 is 16.2 Å². The number of halogens is 2. The summed E-state index contributed by atoms with van der Waals surface area (Å²) in [6, 6.07) is 1.84. The van der Waals surface area contributed by atoms with Crippen LogP contribution in [0.25, 0.3) is 5.57 Å². The number of carboxylic acid groups (broad SMARTS) is 1. The maximum absolute atomic E-state index is 13.8. The lowest BCUT2D eigenvalue weighted by atomic mass is 10.0. The number of nitrogen functional groups attached to an aromatic ring is 1. The first-order chi connectivity index (χ1) is 13.8. The van der Waals surface area contributed by atoms with E-state index in [-0.39, 0.29) is 27.2 Å². The van der Waals surface area contributed by atoms with Crippen molar-refractivity contribution in [3.8, 4) is 0 Å². The number of aromatic nitrogens is 2. The number of fused-ring (bicyclic) bond motifs is 1. The molecule has 4 rings (SSSR count). The van der Waals surface area contributed by atoms with Crippen LogP contribution in [0.4, 0.5) is 13.9 Å². The van der Waals surface area contributed by atoms with E-state index < -0.39 is 46.4 Å². The van der Waals surface area contributed by atoms with Crippen molar-refractivity contribution in [1.29, 1.82) is 0 Å². The minimum absolute atomic E-state index is 0.149. The minimum atomic E-state index is -1.35. The molecular formula is C16H11F2N5O4S2. The predicted molar refractivity (Wildman–Crippen MR) is 99.6 cm³/mol. The van der Waals surface area contributed by atoms with Crippen molar-refractivity contribution >= 4 is 51.6 Å². The normalized spacial score (nSPS) is 20.9. The maximum atomic E-state index is 13.8. The first-order valence-electron chi connectivity index (χ1n) is 8.05. The van der Waals surface area contributed by atoms with Gasteiger partial charge in [-0.2, -0.15) is 0 Å². The number of hydrogen-bond acceptors (Lipinski definition) is 8. The predicted octanol–water partition coefficient (Wildman–Crippen LogP) is 0.908. The molecule has 0 spiro atoms. The Kier molecular flexibility index (Phi) is 4.70. The van der Waals surface area contributed by atoms with Gasteiger partial charge >= 0.3 is 5.97 Å². The molecule has 9 nitrogen and oxygen atoms in total. The smallest absolute Gasteiger partial charge is 0.353 e. The first kappa shape index (κ1) is 19.3. The van der Waals surface area contributed by atoms with Crippen LogP contribution >= 0.6 is 23.1 Å². The van der Waals surface area contributed by atoms with Crippen LogP contribution in [-0.4, -0.2) is 55.2 Å². The molecule has 0 bridgehead atoms. The van der Waals surface area contributed by atoms with Crippen LogP contribution in [0, 0.1) is 11.6 Å². The number of rotatable bonds is 4. The number of carbonyl (C=O) groups excluding carboxylic acids is 2. The summed E-state index contributed by atoms with van der Waals surface area (Å²) in [5.41, 5.74) is 4.74. The fourth-order valence-corrected chi connectivity index (χ4v) is 5.16. The molecule has 150 valence electrons. The van der Waals surface area contributed by atoms with Crippen molar-refractivity contribution in [3.05, 3.63) is 46.1 Å². The first-order valence-corrected chi connectivity index (χ1v) is 9.91. The zero-order chi connectivity index (χ0) is 20.9. The highest BCUT2D eigenvalue weighted by Gasteiger charge is 2.54. The zero-order valence-electron chi connectivity index (χ0n) is 14.3. The van der Waals surface area contributed by atoms with Gasteiger partial charge in [0.05, 0.1) is 0 Å². The van der Waals surface area contributed by atoms with Crippen LogP contribution in [0.5, 0.6) is 0 Å². The number of nitrogens with two attached hydrogens (primary N) is 1. The number of hydrogen-bond donors (Lipinski definition) is 3. The molecule has 2 aromatic rings. The van der Waals surface area contributed by atoms with Gasteiger partial charge in [-0.25, -0.2) is 13.6 Å². The number of nitrogens with one attached hydrogen (secondary N) is 1. The fraction of sp³-hybridized carbons (Fsp3) is 0.188. The summed E-state index contributed by atoms with van der Waals surface area (Å²) >= 11 is 2.17. The average molecular weight is 439 g/mol. The highest BCUT2D eigenvalue weighted by molar-refractivity contribution is 8.00. The Hall–Kier alpha value is -3.06. The Morgan fingerprint density at radius 2 is 1.97 bits per heavy atom. The Morgan fingerprint density at radius 3 is 2.55 bits per heavy atom. The SMILES string of the molecule is Nc1nnc(C2=C(C(=O)O)N3C(=O)[C@@H](NC(=O)c4c(F)cccc4F)[C@H]3SC2)s1. The Morgan fingerprint density at radius 1 is 1.28 bits per heavy atom. The van der Waals surface area contributed by atoms with E-state index in [0.29, 0.717) is 0 Å². The van der Waals surface area contributed by atoms with Crippen molar-refractivity contribution in [1.82, 2.24) is 20.4 Å². The second kappa shape index (κ2) is 7.08. The molecule has 4 N–H and O–H groups in total. The summed E-state index contributed by atoms with van der Waals surface area (Å²) in [5, 5.41) is 19.1. The van der Waals surface area contributed by atoms with Gasteiger partial charge in [0, 0.05) is 11.3 Å². The largest absolute Gasteiger partial charge is 0.477 e. The Balaban J connectivity index is 1.61. The van der Waals surface area contributed by atoms with Crippen LogP contribution < -0.4 is 11.1 Å². The van der Waals surface area contributed by atoms with Crippen molar-refractivity contribution in [2.45, 2.75) is 11.4 Å². The molecule has 3 heterocycles. The molecule has 0 saturated carbocycles. The van der Waals surface area contributed by atoms with E-state index >= 15 is 0 Å². The van der Waals surface area contributed by atoms with E-state index in [0.717, 1.165) is 34.4 Å². The zero-order valence-corrected chi connectivity index (χ0v) is 15.9. The highest BCUT2D eigenvalue weighted by atomic mass is 32.2. The number of amides is 2. The van der Waals surface area contributed by atoms with Gasteiger partial charge in [-0.15, -0.1) is 22.0 Å². The van der Waals surface area contributed by atoms with Crippen LogP contribution in [0.2, 0.25) is 0 Å². The minimum Gasteiger partial charge on any atom is -0.477 e. The van der Waals surface area contributed by atoms with Crippen molar-refractivity contribution in [2.24, 2.45) is 0 Å². The second-order valence-corrected chi connectivity index (χ2v) is 8.15. The van der Waals surface area contributed by atoms with Crippen molar-refractivity contribution < 1.29 is 28.3 Å². The van der Waals surface area contributed by atoms with Gasteiger partial charge in [0.15, 0.2) is 0 Å². The topological polar surface area (TPSA) is 139 Å². The third kappa shape index (κ3) is 3.11. The molecule has 2 aliphatic heterocycles. The van der Waals surface area contributed by atoms with Crippen molar-refractivity contribution in [3.63, 3.8) is 0 Å². The molecule has 29 heavy (non-hydrogen) atoms. The van der Waals surface area contributed by atoms with Crippen LogP contribution in [0.1, 0.15) is 15.4 Å². The molecule has 0 unspecified atom stereocenters. The number of benzene rings is 1. The van der Waals surface area contributed by atoms with E-state index in [9.17, 15) is 28.3 Å². The molecule has 2 atom stereocenters. The molecule has 13 heteroatoms. The van der Waals surface area contributed by atoms with Crippen LogP contribution in [0.3, 0.4) is 0 Å². The number of aliphatic carboxylic acids is 1. The number of β-lactam (4-membered cyclic amide) rings is 1. The lowest BCUT2D eigenvalue weighted by Gasteiger charge is -2.49. The summed E-state index contributed by atoms with van der Waals surface area (Å²) in [4.78, 5) is 37.7. The summed E-state index contributed by atoms with van der Waals surface area (Å²) in [6.45, 7) is 0. The fourth-order valence-electron chi connectivity index (χ4n) is 3.07. The highest BCUT2D eigenvalue weighted by Crippen LogP contribution is 2.44. The van der Waals surface area contributed by atoms with Crippen LogP contribution in [-0.2, 0) is 9.59 Å². The summed E-state index contributed by atoms with van der Waals surface area (Å²) in [6.07, 6.45) is 0. The van der Waals surface area contributed by atoms with E-state index in [2.05, 4.69) is 15.5 Å². The third-order valence-electron chi connectivity index (χ3n) is 4.35. The standard InChI is InChI=1S/C16H11F2N5O4S2/c17-6-2-1-3-7(18)8(6)11(24)20-9-13(25)23-10(15(26)27)5(4-28-14(9)23)12-21-22-16(19)29-12/h1-3,9,14H,4H2,(H2,19,22)(H,20,24)(H,26,27)/t9-,14-/m1/s1. The van der Waals surface area contributed by atoms with Gasteiger partial charge in [0.2, 0.25) is 5.13 Å². The van der Waals surface area contributed by atoms with Gasteiger partial charge in [-0.3, -0.25) is 14.5 Å². The van der Waals surface area contributed by atoms with Gasteiger partial charge in [-0.05, 0) is 12.1 Å². The molecule has 1 aromatic heterocycles. The van der Waals surface area contributed by atoms with E-state index in [1.54, 1.807) is 0 Å². The molecular weight excluding hydrogens is 428 g/mol. The molecule has 0 aliphatic carbocycles. The third-order valence-corrected chi connectivity index (χ3v) is 6.44. The molecule has 1 fully saturated rings. The molecule has 2 amide bonds.